The van der Waals surface area contributed by atoms with E-state index in [9.17, 15) is 13.2 Å². The third-order valence-corrected chi connectivity index (χ3v) is 7.12. The molecule has 0 aromatic rings. The molecule has 0 saturated heterocycles. The molecule has 3 aliphatic rings. The van der Waals surface area contributed by atoms with Crippen molar-refractivity contribution in [1.82, 2.24) is 10.0 Å². The van der Waals surface area contributed by atoms with Crippen molar-refractivity contribution in [2.45, 2.75) is 69.7 Å². The van der Waals surface area contributed by atoms with E-state index < -0.39 is 15.3 Å². The van der Waals surface area contributed by atoms with Gasteiger partial charge in [0, 0.05) is 11.5 Å². The first-order valence-corrected chi connectivity index (χ1v) is 9.66. The molecule has 1 amide bonds. The number of sulfonamides is 1. The van der Waals surface area contributed by atoms with Crippen LogP contribution in [0.15, 0.2) is 4.99 Å². The van der Waals surface area contributed by atoms with Gasteiger partial charge in [0.05, 0.1) is 17.2 Å². The number of amides is 1. The van der Waals surface area contributed by atoms with Gasteiger partial charge in [-0.25, -0.2) is 13.1 Å². The van der Waals surface area contributed by atoms with Crippen LogP contribution >= 0.6 is 0 Å². The summed E-state index contributed by atoms with van der Waals surface area (Å²) in [6.45, 7) is 5.92. The van der Waals surface area contributed by atoms with Crippen LogP contribution in [0.2, 0.25) is 0 Å². The Kier molecular flexibility index (Phi) is 3.84. The molecule has 2 saturated carbocycles. The third-order valence-electron chi connectivity index (χ3n) is 5.03. The largest absolute Gasteiger partial charge is 0.314 e. The van der Waals surface area contributed by atoms with E-state index in [-0.39, 0.29) is 29.3 Å². The predicted octanol–water partition coefficient (Wildman–Crippen LogP) is 1.18. The monoisotopic (exact) mass is 327 g/mol. The summed E-state index contributed by atoms with van der Waals surface area (Å²) >= 11 is 0. The molecular formula is C15H25N3O3S. The SMILES string of the molecule is CC(C)C1=NC2CCC(S(=O)(=O)NC3(C)CC3)CC2C(=O)N1. The highest BCUT2D eigenvalue weighted by Gasteiger charge is 2.47. The van der Waals surface area contributed by atoms with Crippen LogP contribution in [0.4, 0.5) is 0 Å². The molecule has 0 aromatic carbocycles. The van der Waals surface area contributed by atoms with Crippen LogP contribution in [-0.2, 0) is 14.8 Å². The second-order valence-electron chi connectivity index (χ2n) is 7.47. The van der Waals surface area contributed by atoms with Gasteiger partial charge in [0.25, 0.3) is 0 Å². The maximum absolute atomic E-state index is 12.5. The van der Waals surface area contributed by atoms with Crippen LogP contribution in [0, 0.1) is 11.8 Å². The van der Waals surface area contributed by atoms with Gasteiger partial charge in [-0.2, -0.15) is 0 Å². The van der Waals surface area contributed by atoms with E-state index in [2.05, 4.69) is 15.0 Å². The molecule has 0 spiro atoms. The van der Waals surface area contributed by atoms with Crippen molar-refractivity contribution in [3.63, 3.8) is 0 Å². The first-order chi connectivity index (χ1) is 10.2. The molecule has 1 heterocycles. The molecule has 124 valence electrons. The lowest BCUT2D eigenvalue weighted by atomic mass is 9.82. The van der Waals surface area contributed by atoms with Crippen molar-refractivity contribution < 1.29 is 13.2 Å². The summed E-state index contributed by atoms with van der Waals surface area (Å²) in [5.74, 6) is 0.532. The number of nitrogens with one attached hydrogen (secondary N) is 2. The lowest BCUT2D eigenvalue weighted by molar-refractivity contribution is -0.125. The van der Waals surface area contributed by atoms with Crippen molar-refractivity contribution in [2.75, 3.05) is 0 Å². The molecule has 3 atom stereocenters. The van der Waals surface area contributed by atoms with Crippen LogP contribution in [0.5, 0.6) is 0 Å². The minimum absolute atomic E-state index is 0.0610. The molecule has 6 nitrogen and oxygen atoms in total. The van der Waals surface area contributed by atoms with Crippen LogP contribution in [-0.4, -0.2) is 37.0 Å². The molecule has 0 radical (unpaired) electrons. The average Bonchev–Trinajstić information content (AvgIpc) is 3.14. The number of aliphatic imine (C=N–C) groups is 1. The number of hydrogen-bond acceptors (Lipinski definition) is 4. The van der Waals surface area contributed by atoms with Gasteiger partial charge < -0.3 is 5.32 Å². The Morgan fingerprint density at radius 3 is 2.59 bits per heavy atom. The minimum Gasteiger partial charge on any atom is -0.314 e. The van der Waals surface area contributed by atoms with Crippen molar-refractivity contribution in [3.05, 3.63) is 0 Å². The first kappa shape index (κ1) is 15.9. The van der Waals surface area contributed by atoms with Crippen LogP contribution in [0.3, 0.4) is 0 Å². The van der Waals surface area contributed by atoms with E-state index in [1.807, 2.05) is 20.8 Å². The van der Waals surface area contributed by atoms with Crippen LogP contribution in [0.1, 0.15) is 52.9 Å². The van der Waals surface area contributed by atoms with Gasteiger partial charge >= 0.3 is 0 Å². The molecule has 3 unspecified atom stereocenters. The molecule has 22 heavy (non-hydrogen) atoms. The zero-order valence-electron chi connectivity index (χ0n) is 13.4. The summed E-state index contributed by atoms with van der Waals surface area (Å²) in [4.78, 5) is 16.9. The molecule has 3 rings (SSSR count). The number of carbonyl (C=O) groups excluding carboxylic acids is 1. The molecular weight excluding hydrogens is 302 g/mol. The number of nitrogens with zero attached hydrogens (tertiary/aromatic N) is 1. The fraction of sp³-hybridized carbons (Fsp3) is 0.867. The molecule has 7 heteroatoms. The lowest BCUT2D eigenvalue weighted by Crippen LogP contribution is -2.52. The molecule has 2 aliphatic carbocycles. The highest BCUT2D eigenvalue weighted by atomic mass is 32.2. The molecule has 1 aliphatic heterocycles. The van der Waals surface area contributed by atoms with Gasteiger partial charge in [0.15, 0.2) is 0 Å². The van der Waals surface area contributed by atoms with Gasteiger partial charge in [-0.15, -0.1) is 0 Å². The smallest absolute Gasteiger partial charge is 0.230 e. The van der Waals surface area contributed by atoms with Crippen LogP contribution < -0.4 is 10.0 Å². The Bertz CT molecular complexity index is 608. The lowest BCUT2D eigenvalue weighted by Gasteiger charge is -2.37. The average molecular weight is 327 g/mol. The Morgan fingerprint density at radius 2 is 2.00 bits per heavy atom. The van der Waals surface area contributed by atoms with Gasteiger partial charge in [-0.3, -0.25) is 9.79 Å². The maximum atomic E-state index is 12.5. The van der Waals surface area contributed by atoms with Crippen molar-refractivity contribution >= 4 is 21.8 Å². The zero-order valence-corrected chi connectivity index (χ0v) is 14.2. The summed E-state index contributed by atoms with van der Waals surface area (Å²) in [6.07, 6.45) is 3.41. The van der Waals surface area contributed by atoms with E-state index in [4.69, 9.17) is 0 Å². The number of hydrogen-bond donors (Lipinski definition) is 2. The minimum atomic E-state index is -3.36. The highest BCUT2D eigenvalue weighted by Crippen LogP contribution is 2.38. The highest BCUT2D eigenvalue weighted by molar-refractivity contribution is 7.90. The zero-order chi connectivity index (χ0) is 16.1. The number of carbonyl (C=O) groups is 1. The van der Waals surface area contributed by atoms with Crippen LogP contribution in [0.25, 0.3) is 0 Å². The van der Waals surface area contributed by atoms with E-state index in [0.717, 1.165) is 18.7 Å². The summed E-state index contributed by atoms with van der Waals surface area (Å²) < 4.78 is 27.9. The predicted molar refractivity (Wildman–Crippen MR) is 85.0 cm³/mol. The van der Waals surface area contributed by atoms with E-state index in [1.54, 1.807) is 0 Å². The van der Waals surface area contributed by atoms with Crippen molar-refractivity contribution in [2.24, 2.45) is 16.8 Å². The summed E-state index contributed by atoms with van der Waals surface area (Å²) in [6, 6.07) is -0.0610. The second-order valence-corrected chi connectivity index (χ2v) is 9.44. The molecule has 0 aromatic heterocycles. The Morgan fingerprint density at radius 1 is 1.32 bits per heavy atom. The Hall–Kier alpha value is -0.950. The molecule has 0 bridgehead atoms. The standard InChI is InChI=1S/C15H25N3O3S/c1-9(2)13-16-12-5-4-10(8-11(12)14(19)17-13)22(20,21)18-15(3)6-7-15/h9-12,18H,4-8H2,1-3H3,(H,16,17,19). The fourth-order valence-electron chi connectivity index (χ4n) is 3.27. The normalized spacial score (nSPS) is 33.9. The fourth-order valence-corrected chi connectivity index (χ4v) is 5.24. The van der Waals surface area contributed by atoms with E-state index in [0.29, 0.717) is 19.3 Å². The summed E-state index contributed by atoms with van der Waals surface area (Å²) in [5.41, 5.74) is -0.256. The van der Waals surface area contributed by atoms with Crippen molar-refractivity contribution in [3.8, 4) is 0 Å². The Labute approximate surface area is 132 Å². The topological polar surface area (TPSA) is 87.6 Å². The molecule has 2 N–H and O–H groups in total. The van der Waals surface area contributed by atoms with Gasteiger partial charge in [-0.05, 0) is 39.0 Å². The number of rotatable bonds is 4. The quantitative estimate of drug-likeness (QED) is 0.813. The molecule has 2 fully saturated rings. The van der Waals surface area contributed by atoms with Gasteiger partial charge in [0.1, 0.15) is 5.84 Å². The number of amidine groups is 1. The first-order valence-electron chi connectivity index (χ1n) is 8.11. The Balaban J connectivity index is 1.73. The van der Waals surface area contributed by atoms with Crippen molar-refractivity contribution in [1.29, 1.82) is 0 Å². The van der Waals surface area contributed by atoms with E-state index in [1.165, 1.54) is 0 Å². The second kappa shape index (κ2) is 5.30. The summed E-state index contributed by atoms with van der Waals surface area (Å²) in [7, 11) is -3.36. The maximum Gasteiger partial charge on any atom is 0.230 e. The summed E-state index contributed by atoms with van der Waals surface area (Å²) in [5, 5.41) is 2.36. The number of fused-ring (bicyclic) bond motifs is 1. The van der Waals surface area contributed by atoms with Gasteiger partial charge in [0.2, 0.25) is 15.9 Å². The third kappa shape index (κ3) is 3.06. The van der Waals surface area contributed by atoms with Gasteiger partial charge in [-0.1, -0.05) is 13.8 Å². The van der Waals surface area contributed by atoms with E-state index >= 15 is 0 Å².